The number of nitrogens with zero attached hydrogens (tertiary/aromatic N) is 6. The van der Waals surface area contributed by atoms with Crippen LogP contribution in [0.2, 0.25) is 0 Å². The van der Waals surface area contributed by atoms with Crippen LogP contribution >= 0.6 is 11.3 Å². The van der Waals surface area contributed by atoms with Gasteiger partial charge in [-0.3, -0.25) is 5.32 Å². The van der Waals surface area contributed by atoms with Gasteiger partial charge in [0, 0.05) is 23.5 Å². The van der Waals surface area contributed by atoms with Crippen molar-refractivity contribution in [2.24, 2.45) is 0 Å². The summed E-state index contributed by atoms with van der Waals surface area (Å²) in [5, 5.41) is 8.16. The molecule has 30 heavy (non-hydrogen) atoms. The first kappa shape index (κ1) is 19.3. The Balaban J connectivity index is 1.50. The van der Waals surface area contributed by atoms with Crippen LogP contribution in [-0.4, -0.2) is 43.0 Å². The van der Waals surface area contributed by atoms with E-state index in [1.807, 2.05) is 25.1 Å². The van der Waals surface area contributed by atoms with Crippen LogP contribution in [0.15, 0.2) is 48.1 Å². The van der Waals surface area contributed by atoms with Crippen molar-refractivity contribution in [1.29, 1.82) is 0 Å². The van der Waals surface area contributed by atoms with Crippen LogP contribution in [0, 0.1) is 6.92 Å². The lowest BCUT2D eigenvalue weighted by Crippen LogP contribution is -2.04. The van der Waals surface area contributed by atoms with Crippen molar-refractivity contribution in [2.75, 3.05) is 17.7 Å². The molecule has 2 N–H and O–H groups in total. The van der Waals surface area contributed by atoms with Crippen LogP contribution in [0.1, 0.15) is 16.2 Å². The van der Waals surface area contributed by atoms with E-state index in [1.165, 1.54) is 18.4 Å². The molecule has 10 nitrogen and oxygen atoms in total. The minimum atomic E-state index is -0.502. The summed E-state index contributed by atoms with van der Waals surface area (Å²) in [6.45, 7) is 1.91. The van der Waals surface area contributed by atoms with Crippen LogP contribution in [0.5, 0.6) is 0 Å². The Morgan fingerprint density at radius 2 is 1.77 bits per heavy atom. The Bertz CT molecular complexity index is 1200. The molecule has 11 heteroatoms. The largest absolute Gasteiger partial charge is 0.464 e. The topological polar surface area (TPSA) is 128 Å². The average molecular weight is 420 g/mol. The number of carbonyl (C=O) groups excluding carboxylic acids is 1. The fraction of sp³-hybridized carbons (Fsp3) is 0.105. The molecule has 4 aromatic rings. The molecule has 0 aromatic carbocycles. The van der Waals surface area contributed by atoms with Gasteiger partial charge in [-0.25, -0.2) is 29.7 Å². The molecule has 0 unspecified atom stereocenters. The molecule has 4 rings (SSSR count). The van der Waals surface area contributed by atoms with Crippen molar-refractivity contribution < 1.29 is 9.53 Å². The molecule has 0 bridgehead atoms. The number of nitrogens with one attached hydrogen (secondary N) is 2. The number of carbonyl (C=O) groups is 1. The van der Waals surface area contributed by atoms with Gasteiger partial charge in [0.05, 0.1) is 7.11 Å². The molecular formula is C19H16N8O2S. The summed E-state index contributed by atoms with van der Waals surface area (Å²) in [4.78, 5) is 37.5. The number of ether oxygens (including phenoxy) is 1. The van der Waals surface area contributed by atoms with E-state index in [4.69, 9.17) is 0 Å². The van der Waals surface area contributed by atoms with Crippen molar-refractivity contribution in [1.82, 2.24) is 29.9 Å². The Hall–Kier alpha value is -3.99. The smallest absolute Gasteiger partial charge is 0.357 e. The predicted molar refractivity (Wildman–Crippen MR) is 112 cm³/mol. The van der Waals surface area contributed by atoms with E-state index in [-0.39, 0.29) is 5.69 Å². The van der Waals surface area contributed by atoms with Crippen LogP contribution in [0.25, 0.3) is 11.5 Å². The standard InChI is InChI=1S/C19H16N8O2S/c1-11-4-3-5-12(22-11)16-20-8-6-14(25-16)24-15-7-9-21-18(26-15)27-19-23-13(10-30-19)17(28)29-2/h3-10H,1-2H3,(H2,20,21,23,24,25,26,27). The molecule has 0 saturated heterocycles. The molecule has 0 saturated carbocycles. The van der Waals surface area contributed by atoms with Gasteiger partial charge in [-0.2, -0.15) is 4.98 Å². The fourth-order valence-electron chi connectivity index (χ4n) is 2.46. The maximum Gasteiger partial charge on any atom is 0.357 e. The zero-order valence-corrected chi connectivity index (χ0v) is 16.8. The molecule has 0 spiro atoms. The minimum absolute atomic E-state index is 0.220. The summed E-state index contributed by atoms with van der Waals surface area (Å²) in [6, 6.07) is 9.12. The summed E-state index contributed by atoms with van der Waals surface area (Å²) >= 11 is 1.25. The summed E-state index contributed by atoms with van der Waals surface area (Å²) in [6.07, 6.45) is 3.25. The highest BCUT2D eigenvalue weighted by Crippen LogP contribution is 2.21. The molecular weight excluding hydrogens is 404 g/mol. The highest BCUT2D eigenvalue weighted by molar-refractivity contribution is 7.14. The second kappa shape index (κ2) is 8.57. The van der Waals surface area contributed by atoms with Crippen LogP contribution in [0.4, 0.5) is 22.7 Å². The van der Waals surface area contributed by atoms with Gasteiger partial charge < -0.3 is 10.1 Å². The number of aromatic nitrogens is 6. The van der Waals surface area contributed by atoms with E-state index in [9.17, 15) is 4.79 Å². The molecule has 0 fully saturated rings. The van der Waals surface area contributed by atoms with E-state index >= 15 is 0 Å². The summed E-state index contributed by atoms with van der Waals surface area (Å²) in [5.74, 6) is 1.42. The van der Waals surface area contributed by atoms with E-state index in [0.29, 0.717) is 34.2 Å². The molecule has 0 radical (unpaired) electrons. The number of aryl methyl sites for hydroxylation is 1. The number of rotatable bonds is 6. The average Bonchev–Trinajstić information content (AvgIpc) is 3.22. The number of hydrogen-bond donors (Lipinski definition) is 2. The summed E-state index contributed by atoms with van der Waals surface area (Å²) < 4.78 is 4.65. The Morgan fingerprint density at radius 1 is 0.967 bits per heavy atom. The Kier molecular flexibility index (Phi) is 5.52. The zero-order chi connectivity index (χ0) is 20.9. The van der Waals surface area contributed by atoms with Gasteiger partial charge in [0.2, 0.25) is 5.95 Å². The predicted octanol–water partition coefficient (Wildman–Crippen LogP) is 3.37. The van der Waals surface area contributed by atoms with Gasteiger partial charge in [0.15, 0.2) is 16.6 Å². The van der Waals surface area contributed by atoms with Crippen molar-refractivity contribution in [2.45, 2.75) is 6.92 Å². The molecule has 0 atom stereocenters. The van der Waals surface area contributed by atoms with Gasteiger partial charge in [0.25, 0.3) is 0 Å². The van der Waals surface area contributed by atoms with Gasteiger partial charge in [-0.15, -0.1) is 11.3 Å². The fourth-order valence-corrected chi connectivity index (χ4v) is 3.14. The molecule has 150 valence electrons. The molecule has 0 aliphatic rings. The zero-order valence-electron chi connectivity index (χ0n) is 16.0. The second-order valence-corrected chi connectivity index (χ2v) is 6.83. The first-order chi connectivity index (χ1) is 14.6. The Morgan fingerprint density at radius 3 is 2.57 bits per heavy atom. The first-order valence-electron chi connectivity index (χ1n) is 8.79. The second-order valence-electron chi connectivity index (χ2n) is 5.97. The van der Waals surface area contributed by atoms with Crippen LogP contribution < -0.4 is 10.6 Å². The number of esters is 1. The van der Waals surface area contributed by atoms with Crippen molar-refractivity contribution in [3.8, 4) is 11.5 Å². The maximum atomic E-state index is 11.5. The Labute approximate surface area is 175 Å². The number of thiazole rings is 1. The molecule has 4 aromatic heterocycles. The van der Waals surface area contributed by atoms with Gasteiger partial charge in [0.1, 0.15) is 17.3 Å². The van der Waals surface area contributed by atoms with E-state index in [2.05, 4.69) is 45.3 Å². The van der Waals surface area contributed by atoms with E-state index in [0.717, 1.165) is 5.69 Å². The molecule has 4 heterocycles. The molecule has 0 aliphatic heterocycles. The summed E-state index contributed by atoms with van der Waals surface area (Å²) in [7, 11) is 1.31. The van der Waals surface area contributed by atoms with Crippen LogP contribution in [0.3, 0.4) is 0 Å². The van der Waals surface area contributed by atoms with Crippen molar-refractivity contribution >= 4 is 40.0 Å². The third-order valence-electron chi connectivity index (χ3n) is 3.80. The number of pyridine rings is 1. The molecule has 0 amide bonds. The number of anilines is 4. The maximum absolute atomic E-state index is 11.5. The number of hydrogen-bond acceptors (Lipinski definition) is 11. The first-order valence-corrected chi connectivity index (χ1v) is 9.67. The molecule has 0 aliphatic carbocycles. The van der Waals surface area contributed by atoms with Gasteiger partial charge in [-0.05, 0) is 31.2 Å². The lowest BCUT2D eigenvalue weighted by atomic mass is 10.3. The minimum Gasteiger partial charge on any atom is -0.464 e. The van der Waals surface area contributed by atoms with E-state index in [1.54, 1.807) is 29.9 Å². The monoisotopic (exact) mass is 420 g/mol. The third kappa shape index (κ3) is 4.52. The SMILES string of the molecule is COC(=O)c1csc(Nc2nccc(Nc3ccnc(-c4cccc(C)n4)n3)n2)n1. The van der Waals surface area contributed by atoms with Gasteiger partial charge >= 0.3 is 5.97 Å². The van der Waals surface area contributed by atoms with E-state index < -0.39 is 5.97 Å². The number of methoxy groups -OCH3 is 1. The lowest BCUT2D eigenvalue weighted by Gasteiger charge is -2.08. The van der Waals surface area contributed by atoms with Gasteiger partial charge in [-0.1, -0.05) is 6.07 Å². The van der Waals surface area contributed by atoms with Crippen molar-refractivity contribution in [3.63, 3.8) is 0 Å². The van der Waals surface area contributed by atoms with Crippen LogP contribution in [-0.2, 0) is 4.74 Å². The normalized spacial score (nSPS) is 10.5. The van der Waals surface area contributed by atoms with Crippen molar-refractivity contribution in [3.05, 3.63) is 59.5 Å². The highest BCUT2D eigenvalue weighted by atomic mass is 32.1. The lowest BCUT2D eigenvalue weighted by molar-refractivity contribution is 0.0595. The highest BCUT2D eigenvalue weighted by Gasteiger charge is 2.12. The summed E-state index contributed by atoms with van der Waals surface area (Å²) in [5.41, 5.74) is 1.80. The third-order valence-corrected chi connectivity index (χ3v) is 4.56. The quantitative estimate of drug-likeness (QED) is 0.448.